The van der Waals surface area contributed by atoms with Crippen LogP contribution in [0, 0.1) is 0 Å². The lowest BCUT2D eigenvalue weighted by molar-refractivity contribution is 0.0372. The Morgan fingerprint density at radius 1 is 1.07 bits per heavy atom. The van der Waals surface area contributed by atoms with Gasteiger partial charge in [0.25, 0.3) is 0 Å². The third kappa shape index (κ3) is 5.74. The van der Waals surface area contributed by atoms with Gasteiger partial charge < -0.3 is 24.6 Å². The van der Waals surface area contributed by atoms with Gasteiger partial charge in [0, 0.05) is 45.8 Å². The SMILES string of the molecule is COc1ccccc1N1CCN(C(=O)NCCCCN2CCOCC2)CC1. The van der Waals surface area contributed by atoms with Gasteiger partial charge >= 0.3 is 6.03 Å². The van der Waals surface area contributed by atoms with E-state index in [1.165, 1.54) is 0 Å². The molecule has 2 saturated heterocycles. The Morgan fingerprint density at radius 2 is 1.81 bits per heavy atom. The van der Waals surface area contributed by atoms with Gasteiger partial charge in [-0.05, 0) is 31.5 Å². The summed E-state index contributed by atoms with van der Waals surface area (Å²) >= 11 is 0. The quantitative estimate of drug-likeness (QED) is 0.733. The molecule has 2 amide bonds. The topological polar surface area (TPSA) is 57.3 Å². The second kappa shape index (κ2) is 10.4. The van der Waals surface area contributed by atoms with Gasteiger partial charge in [-0.2, -0.15) is 0 Å². The molecule has 0 spiro atoms. The number of unbranched alkanes of at least 4 members (excludes halogenated alkanes) is 1. The van der Waals surface area contributed by atoms with Gasteiger partial charge in [-0.3, -0.25) is 4.90 Å². The summed E-state index contributed by atoms with van der Waals surface area (Å²) < 4.78 is 10.8. The number of para-hydroxylation sites is 2. The summed E-state index contributed by atoms with van der Waals surface area (Å²) in [6, 6.07) is 8.11. The number of rotatable bonds is 7. The fourth-order valence-electron chi connectivity index (χ4n) is 3.63. The molecule has 0 aliphatic carbocycles. The molecule has 0 atom stereocenters. The maximum atomic E-state index is 12.4. The number of amides is 2. The lowest BCUT2D eigenvalue weighted by Gasteiger charge is -2.36. The summed E-state index contributed by atoms with van der Waals surface area (Å²) in [5.74, 6) is 0.885. The summed E-state index contributed by atoms with van der Waals surface area (Å²) in [7, 11) is 1.70. The number of benzene rings is 1. The normalized spacial score (nSPS) is 18.4. The number of anilines is 1. The molecule has 0 saturated carbocycles. The molecule has 1 aromatic rings. The fraction of sp³-hybridized carbons (Fsp3) is 0.650. The minimum absolute atomic E-state index is 0.0565. The maximum Gasteiger partial charge on any atom is 0.317 e. The zero-order chi connectivity index (χ0) is 18.9. The zero-order valence-corrected chi connectivity index (χ0v) is 16.4. The van der Waals surface area contributed by atoms with E-state index in [-0.39, 0.29) is 6.03 Å². The minimum atomic E-state index is 0.0565. The number of nitrogens with one attached hydrogen (secondary N) is 1. The van der Waals surface area contributed by atoms with E-state index in [1.54, 1.807) is 7.11 Å². The largest absolute Gasteiger partial charge is 0.495 e. The number of hydrogen-bond acceptors (Lipinski definition) is 5. The van der Waals surface area contributed by atoms with E-state index in [4.69, 9.17) is 9.47 Å². The van der Waals surface area contributed by atoms with E-state index in [1.807, 2.05) is 23.1 Å². The Bertz CT molecular complexity index is 584. The molecule has 150 valence electrons. The lowest BCUT2D eigenvalue weighted by Crippen LogP contribution is -2.52. The van der Waals surface area contributed by atoms with Crippen molar-refractivity contribution in [3.63, 3.8) is 0 Å². The van der Waals surface area contributed by atoms with Crippen LogP contribution in [0.4, 0.5) is 10.5 Å². The molecular weight excluding hydrogens is 344 g/mol. The highest BCUT2D eigenvalue weighted by Crippen LogP contribution is 2.28. The smallest absolute Gasteiger partial charge is 0.317 e. The molecule has 2 fully saturated rings. The molecule has 27 heavy (non-hydrogen) atoms. The average Bonchev–Trinajstić information content (AvgIpc) is 2.74. The van der Waals surface area contributed by atoms with E-state index >= 15 is 0 Å². The first kappa shape index (κ1) is 19.8. The van der Waals surface area contributed by atoms with Crippen LogP contribution in [0.1, 0.15) is 12.8 Å². The Kier molecular flexibility index (Phi) is 7.59. The third-order valence-electron chi connectivity index (χ3n) is 5.27. The van der Waals surface area contributed by atoms with Crippen molar-refractivity contribution >= 4 is 11.7 Å². The highest BCUT2D eigenvalue weighted by atomic mass is 16.5. The van der Waals surface area contributed by atoms with E-state index in [0.29, 0.717) is 0 Å². The number of methoxy groups -OCH3 is 1. The lowest BCUT2D eigenvalue weighted by atomic mass is 10.2. The second-order valence-corrected chi connectivity index (χ2v) is 7.04. The summed E-state index contributed by atoms with van der Waals surface area (Å²) in [5.41, 5.74) is 1.10. The molecule has 0 bridgehead atoms. The van der Waals surface area contributed by atoms with Crippen molar-refractivity contribution in [1.82, 2.24) is 15.1 Å². The van der Waals surface area contributed by atoms with Gasteiger partial charge in [-0.1, -0.05) is 12.1 Å². The molecule has 7 nitrogen and oxygen atoms in total. The van der Waals surface area contributed by atoms with Crippen LogP contribution in [-0.4, -0.2) is 88.5 Å². The minimum Gasteiger partial charge on any atom is -0.495 e. The Balaban J connectivity index is 1.32. The molecule has 1 aromatic carbocycles. The van der Waals surface area contributed by atoms with Crippen LogP contribution >= 0.6 is 0 Å². The number of piperazine rings is 1. The summed E-state index contributed by atoms with van der Waals surface area (Å²) in [4.78, 5) is 19.0. The number of nitrogens with zero attached hydrogens (tertiary/aromatic N) is 3. The van der Waals surface area contributed by atoms with Crippen LogP contribution in [0.2, 0.25) is 0 Å². The summed E-state index contributed by atoms with van der Waals surface area (Å²) in [6.45, 7) is 8.71. The first-order valence-electron chi connectivity index (χ1n) is 9.99. The predicted octanol–water partition coefficient (Wildman–Crippen LogP) is 1.64. The molecule has 3 rings (SSSR count). The van der Waals surface area contributed by atoms with Crippen LogP contribution < -0.4 is 15.0 Å². The van der Waals surface area contributed by atoms with Crippen LogP contribution in [0.15, 0.2) is 24.3 Å². The van der Waals surface area contributed by atoms with Gasteiger partial charge in [0.2, 0.25) is 0 Å². The first-order valence-corrected chi connectivity index (χ1v) is 9.99. The number of carbonyl (C=O) groups is 1. The third-order valence-corrected chi connectivity index (χ3v) is 5.27. The van der Waals surface area contributed by atoms with E-state index in [9.17, 15) is 4.79 Å². The van der Waals surface area contributed by atoms with Gasteiger partial charge in [0.1, 0.15) is 5.75 Å². The van der Waals surface area contributed by atoms with Crippen LogP contribution in [-0.2, 0) is 4.74 Å². The van der Waals surface area contributed by atoms with Crippen molar-refractivity contribution in [2.45, 2.75) is 12.8 Å². The molecule has 2 heterocycles. The van der Waals surface area contributed by atoms with Crippen molar-refractivity contribution in [3.05, 3.63) is 24.3 Å². The number of carbonyl (C=O) groups excluding carboxylic acids is 1. The van der Waals surface area contributed by atoms with E-state index < -0.39 is 0 Å². The molecule has 7 heteroatoms. The predicted molar refractivity (Wildman–Crippen MR) is 107 cm³/mol. The van der Waals surface area contributed by atoms with Crippen LogP contribution in [0.3, 0.4) is 0 Å². The molecule has 2 aliphatic rings. The van der Waals surface area contributed by atoms with Gasteiger partial charge in [-0.25, -0.2) is 4.79 Å². The van der Waals surface area contributed by atoms with E-state index in [0.717, 1.165) is 89.9 Å². The van der Waals surface area contributed by atoms with Crippen LogP contribution in [0.5, 0.6) is 5.75 Å². The average molecular weight is 377 g/mol. The molecular formula is C20H32N4O3. The molecule has 1 N–H and O–H groups in total. The van der Waals surface area contributed by atoms with Gasteiger partial charge in [0.15, 0.2) is 0 Å². The second-order valence-electron chi connectivity index (χ2n) is 7.04. The number of ether oxygens (including phenoxy) is 2. The molecule has 0 radical (unpaired) electrons. The van der Waals surface area contributed by atoms with Crippen molar-refractivity contribution in [2.24, 2.45) is 0 Å². The highest BCUT2D eigenvalue weighted by Gasteiger charge is 2.22. The number of hydrogen-bond donors (Lipinski definition) is 1. The van der Waals surface area contributed by atoms with Crippen molar-refractivity contribution < 1.29 is 14.3 Å². The molecule has 0 aromatic heterocycles. The fourth-order valence-corrected chi connectivity index (χ4v) is 3.63. The van der Waals surface area contributed by atoms with Crippen molar-refractivity contribution in [3.8, 4) is 5.75 Å². The maximum absolute atomic E-state index is 12.4. The standard InChI is InChI=1S/C20H32N4O3/c1-26-19-7-3-2-6-18(19)23-10-12-24(13-11-23)20(25)21-8-4-5-9-22-14-16-27-17-15-22/h2-3,6-7H,4-5,8-17H2,1H3,(H,21,25). The molecule has 2 aliphatic heterocycles. The van der Waals surface area contributed by atoms with E-state index in [2.05, 4.69) is 21.2 Å². The van der Waals surface area contributed by atoms with Crippen LogP contribution in [0.25, 0.3) is 0 Å². The Morgan fingerprint density at radius 3 is 2.56 bits per heavy atom. The monoisotopic (exact) mass is 376 g/mol. The van der Waals surface area contributed by atoms with Crippen molar-refractivity contribution in [2.75, 3.05) is 77.6 Å². The number of morpholine rings is 1. The van der Waals surface area contributed by atoms with Gasteiger partial charge in [-0.15, -0.1) is 0 Å². The number of urea groups is 1. The summed E-state index contributed by atoms with van der Waals surface area (Å²) in [6.07, 6.45) is 2.13. The Hall–Kier alpha value is -1.99. The Labute approximate surface area is 162 Å². The summed E-state index contributed by atoms with van der Waals surface area (Å²) in [5, 5.41) is 3.07. The zero-order valence-electron chi connectivity index (χ0n) is 16.4. The first-order chi connectivity index (χ1) is 13.3. The highest BCUT2D eigenvalue weighted by molar-refractivity contribution is 5.74. The van der Waals surface area contributed by atoms with Crippen molar-refractivity contribution in [1.29, 1.82) is 0 Å². The van der Waals surface area contributed by atoms with Gasteiger partial charge in [0.05, 0.1) is 26.0 Å². The molecule has 0 unspecified atom stereocenters.